The number of hydrogen-bond acceptors (Lipinski definition) is 2. The number of nitrogens with zero attached hydrogens (tertiary/aromatic N) is 1. The van der Waals surface area contributed by atoms with E-state index in [1.165, 1.54) is 50.6 Å². The van der Waals surface area contributed by atoms with Gasteiger partial charge in [-0.3, -0.25) is 4.90 Å². The Kier molecular flexibility index (Phi) is 4.74. The van der Waals surface area contributed by atoms with Gasteiger partial charge in [-0.15, -0.1) is 0 Å². The number of aryl methyl sites for hydroxylation is 1. The van der Waals surface area contributed by atoms with Crippen LogP contribution in [0.25, 0.3) is 0 Å². The Labute approximate surface area is 123 Å². The van der Waals surface area contributed by atoms with Crippen LogP contribution in [0.3, 0.4) is 0 Å². The maximum absolute atomic E-state index is 6.11. The molecule has 1 aliphatic carbocycles. The summed E-state index contributed by atoms with van der Waals surface area (Å²) in [6, 6.07) is 12.3. The second-order valence-electron chi connectivity index (χ2n) is 6.55. The Bertz CT molecular complexity index is 403. The summed E-state index contributed by atoms with van der Waals surface area (Å²) in [5.41, 5.74) is 7.56. The minimum absolute atomic E-state index is 0.584. The molecular formula is C18H28N2. The van der Waals surface area contributed by atoms with Crippen LogP contribution in [0.1, 0.15) is 44.1 Å². The van der Waals surface area contributed by atoms with Gasteiger partial charge in [-0.1, -0.05) is 36.8 Å². The van der Waals surface area contributed by atoms with Gasteiger partial charge in [0.1, 0.15) is 0 Å². The average molecular weight is 272 g/mol. The molecule has 0 spiro atoms. The molecule has 0 bridgehead atoms. The second-order valence-corrected chi connectivity index (χ2v) is 6.55. The molecule has 2 aliphatic rings. The molecule has 2 heteroatoms. The standard InChI is InChI=1S/C18H28N2/c19-14-17(12-11-15-6-2-1-3-7-15)20-13-5-9-16-8-4-10-18(16)20/h1-3,6-7,16-18H,4-5,8-14,19H2. The van der Waals surface area contributed by atoms with Crippen molar-refractivity contribution in [2.75, 3.05) is 13.1 Å². The van der Waals surface area contributed by atoms with E-state index < -0.39 is 0 Å². The Morgan fingerprint density at radius 2 is 1.90 bits per heavy atom. The summed E-state index contributed by atoms with van der Waals surface area (Å²) in [5, 5.41) is 0. The average Bonchev–Trinajstić information content (AvgIpc) is 2.98. The number of hydrogen-bond donors (Lipinski definition) is 1. The first kappa shape index (κ1) is 14.1. The van der Waals surface area contributed by atoms with Crippen molar-refractivity contribution in [3.05, 3.63) is 35.9 Å². The highest BCUT2D eigenvalue weighted by Crippen LogP contribution is 2.38. The Morgan fingerprint density at radius 3 is 2.70 bits per heavy atom. The molecule has 0 amide bonds. The second kappa shape index (κ2) is 6.73. The highest BCUT2D eigenvalue weighted by molar-refractivity contribution is 5.14. The van der Waals surface area contributed by atoms with Crippen LogP contribution >= 0.6 is 0 Å². The molecule has 2 N–H and O–H groups in total. The van der Waals surface area contributed by atoms with Crippen molar-refractivity contribution in [2.24, 2.45) is 11.7 Å². The van der Waals surface area contributed by atoms with Crippen LogP contribution in [0.5, 0.6) is 0 Å². The van der Waals surface area contributed by atoms with Crippen molar-refractivity contribution in [3.8, 4) is 0 Å². The molecule has 0 radical (unpaired) electrons. The van der Waals surface area contributed by atoms with Gasteiger partial charge in [0.15, 0.2) is 0 Å². The van der Waals surface area contributed by atoms with Crippen LogP contribution in [0.4, 0.5) is 0 Å². The van der Waals surface area contributed by atoms with E-state index >= 15 is 0 Å². The molecule has 2 nitrogen and oxygen atoms in total. The van der Waals surface area contributed by atoms with Gasteiger partial charge >= 0.3 is 0 Å². The van der Waals surface area contributed by atoms with Crippen molar-refractivity contribution in [1.29, 1.82) is 0 Å². The number of likely N-dealkylation sites (tertiary alicyclic amines) is 1. The van der Waals surface area contributed by atoms with E-state index in [4.69, 9.17) is 5.73 Å². The monoisotopic (exact) mass is 272 g/mol. The SMILES string of the molecule is NCC(CCc1ccccc1)N1CCCC2CCCC21. The van der Waals surface area contributed by atoms with Gasteiger partial charge in [-0.25, -0.2) is 0 Å². The Hall–Kier alpha value is -0.860. The zero-order chi connectivity index (χ0) is 13.8. The van der Waals surface area contributed by atoms with E-state index in [0.29, 0.717) is 6.04 Å². The van der Waals surface area contributed by atoms with Crippen molar-refractivity contribution >= 4 is 0 Å². The fourth-order valence-electron chi connectivity index (χ4n) is 4.34. The van der Waals surface area contributed by atoms with Crippen LogP contribution in [0.2, 0.25) is 0 Å². The molecule has 1 aromatic rings. The molecule has 3 unspecified atom stereocenters. The lowest BCUT2D eigenvalue weighted by molar-refractivity contribution is 0.0667. The number of rotatable bonds is 5. The first-order valence-electron chi connectivity index (χ1n) is 8.38. The molecule has 1 saturated carbocycles. The molecule has 110 valence electrons. The lowest BCUT2D eigenvalue weighted by Gasteiger charge is -2.42. The summed E-state index contributed by atoms with van der Waals surface area (Å²) in [6.45, 7) is 2.09. The summed E-state index contributed by atoms with van der Waals surface area (Å²) in [7, 11) is 0. The van der Waals surface area contributed by atoms with Gasteiger partial charge in [0.25, 0.3) is 0 Å². The molecule has 1 aromatic carbocycles. The third-order valence-corrected chi connectivity index (χ3v) is 5.39. The minimum Gasteiger partial charge on any atom is -0.329 e. The topological polar surface area (TPSA) is 29.3 Å². The summed E-state index contributed by atoms with van der Waals surface area (Å²) < 4.78 is 0. The van der Waals surface area contributed by atoms with E-state index in [-0.39, 0.29) is 0 Å². The summed E-state index contributed by atoms with van der Waals surface area (Å²) in [5.74, 6) is 0.967. The number of nitrogens with two attached hydrogens (primary N) is 1. The lowest BCUT2D eigenvalue weighted by Crippen LogP contribution is -2.51. The molecule has 3 rings (SSSR count). The maximum atomic E-state index is 6.11. The highest BCUT2D eigenvalue weighted by atomic mass is 15.2. The van der Waals surface area contributed by atoms with Gasteiger partial charge in [0, 0.05) is 18.6 Å². The van der Waals surface area contributed by atoms with Crippen LogP contribution in [0, 0.1) is 5.92 Å². The molecule has 1 aliphatic heterocycles. The van der Waals surface area contributed by atoms with Crippen molar-refractivity contribution in [1.82, 2.24) is 4.90 Å². The van der Waals surface area contributed by atoms with Crippen molar-refractivity contribution in [3.63, 3.8) is 0 Å². The van der Waals surface area contributed by atoms with Crippen LogP contribution < -0.4 is 5.73 Å². The van der Waals surface area contributed by atoms with Gasteiger partial charge in [0.05, 0.1) is 0 Å². The zero-order valence-corrected chi connectivity index (χ0v) is 12.5. The Morgan fingerprint density at radius 1 is 1.10 bits per heavy atom. The molecule has 1 saturated heterocycles. The summed E-state index contributed by atoms with van der Waals surface area (Å²) in [6.07, 6.45) is 9.51. The third kappa shape index (κ3) is 3.07. The zero-order valence-electron chi connectivity index (χ0n) is 12.5. The van der Waals surface area contributed by atoms with E-state index in [9.17, 15) is 0 Å². The van der Waals surface area contributed by atoms with Gasteiger partial charge in [-0.05, 0) is 56.6 Å². The first-order valence-corrected chi connectivity index (χ1v) is 8.38. The first-order chi connectivity index (χ1) is 9.88. The lowest BCUT2D eigenvalue weighted by atomic mass is 9.89. The third-order valence-electron chi connectivity index (χ3n) is 5.39. The van der Waals surface area contributed by atoms with E-state index in [2.05, 4.69) is 35.2 Å². The fourth-order valence-corrected chi connectivity index (χ4v) is 4.34. The van der Waals surface area contributed by atoms with Crippen molar-refractivity contribution in [2.45, 2.75) is 57.0 Å². The smallest absolute Gasteiger partial charge is 0.0224 e. The quantitative estimate of drug-likeness (QED) is 0.892. The van der Waals surface area contributed by atoms with Gasteiger partial charge in [-0.2, -0.15) is 0 Å². The van der Waals surface area contributed by atoms with Crippen LogP contribution in [-0.2, 0) is 6.42 Å². The molecular weight excluding hydrogens is 244 g/mol. The summed E-state index contributed by atoms with van der Waals surface area (Å²) >= 11 is 0. The van der Waals surface area contributed by atoms with Gasteiger partial charge < -0.3 is 5.73 Å². The predicted molar refractivity (Wildman–Crippen MR) is 84.7 cm³/mol. The van der Waals surface area contributed by atoms with Crippen molar-refractivity contribution < 1.29 is 0 Å². The molecule has 3 atom stereocenters. The highest BCUT2D eigenvalue weighted by Gasteiger charge is 2.37. The number of fused-ring (bicyclic) bond motifs is 1. The number of benzene rings is 1. The van der Waals surface area contributed by atoms with Crippen LogP contribution in [-0.4, -0.2) is 30.1 Å². The Balaban J connectivity index is 1.60. The van der Waals surface area contributed by atoms with E-state index in [1.54, 1.807) is 0 Å². The summed E-state index contributed by atoms with van der Waals surface area (Å²) in [4.78, 5) is 2.77. The minimum atomic E-state index is 0.584. The molecule has 20 heavy (non-hydrogen) atoms. The molecule has 0 aromatic heterocycles. The largest absolute Gasteiger partial charge is 0.329 e. The maximum Gasteiger partial charge on any atom is 0.0224 e. The number of piperidine rings is 1. The normalized spacial score (nSPS) is 28.2. The van der Waals surface area contributed by atoms with Crippen LogP contribution in [0.15, 0.2) is 30.3 Å². The fraction of sp³-hybridized carbons (Fsp3) is 0.667. The van der Waals surface area contributed by atoms with Gasteiger partial charge in [0.2, 0.25) is 0 Å². The van der Waals surface area contributed by atoms with E-state index in [1.807, 2.05) is 0 Å². The molecule has 2 fully saturated rings. The predicted octanol–water partition coefficient (Wildman–Crippen LogP) is 3.21. The van der Waals surface area contributed by atoms with E-state index in [0.717, 1.165) is 24.9 Å². The molecule has 1 heterocycles.